The van der Waals surface area contributed by atoms with Gasteiger partial charge in [0.25, 0.3) is 0 Å². The summed E-state index contributed by atoms with van der Waals surface area (Å²) in [4.78, 5) is 0. The highest BCUT2D eigenvalue weighted by Crippen LogP contribution is 2.11. The fourth-order valence-corrected chi connectivity index (χ4v) is 1.79. The van der Waals surface area contributed by atoms with E-state index in [0.29, 0.717) is 0 Å². The van der Waals surface area contributed by atoms with Crippen LogP contribution in [0, 0.1) is 0 Å². The smallest absolute Gasteiger partial charge is 0.308 e. The Hall–Kier alpha value is 0.137. The normalized spacial score (nSPS) is 19.8. The van der Waals surface area contributed by atoms with Crippen molar-refractivity contribution in [1.29, 1.82) is 0 Å². The van der Waals surface area contributed by atoms with Crippen LogP contribution in [0.2, 0.25) is 19.1 Å². The van der Waals surface area contributed by atoms with E-state index in [0.717, 1.165) is 19.6 Å². The first-order valence-corrected chi connectivity index (χ1v) is 6.52. The van der Waals surface area contributed by atoms with E-state index in [4.69, 9.17) is 9.47 Å². The summed E-state index contributed by atoms with van der Waals surface area (Å²) in [7, 11) is -0.0817. The molecule has 1 aliphatic rings. The Morgan fingerprint density at radius 2 is 1.90 bits per heavy atom. The zero-order chi connectivity index (χ0) is 7.40. The largest absolute Gasteiger partial charge is 0.350 e. The molecule has 0 radical (unpaired) electrons. The highest BCUT2D eigenvalue weighted by molar-refractivity contribution is 6.55. The van der Waals surface area contributed by atoms with Crippen molar-refractivity contribution in [2.45, 2.75) is 31.8 Å². The lowest BCUT2D eigenvalue weighted by Gasteiger charge is -2.04. The molecule has 0 amide bonds. The van der Waals surface area contributed by atoms with E-state index in [1.807, 2.05) is 0 Å². The molecule has 0 saturated carbocycles. The van der Waals surface area contributed by atoms with Gasteiger partial charge in [-0.1, -0.05) is 0 Å². The average molecular weight is 159 g/mol. The lowest BCUT2D eigenvalue weighted by molar-refractivity contribution is -0.0430. The molecule has 0 N–H and O–H groups in total. The molecule has 0 aromatic heterocycles. The molecule has 3 heteroatoms. The summed E-state index contributed by atoms with van der Waals surface area (Å²) in [6, 6.07) is 1.30. The van der Waals surface area contributed by atoms with Gasteiger partial charge in [0.15, 0.2) is 6.29 Å². The predicted octanol–water partition coefficient (Wildman–Crippen LogP) is 1.50. The van der Waals surface area contributed by atoms with Crippen LogP contribution in [0.3, 0.4) is 0 Å². The minimum Gasteiger partial charge on any atom is -0.350 e. The molecule has 58 valence electrons. The van der Waals surface area contributed by atoms with Gasteiger partial charge >= 0.3 is 8.80 Å². The number of rotatable bonds is 3. The van der Waals surface area contributed by atoms with Gasteiger partial charge in [-0.15, -0.1) is 0 Å². The number of hydrogen-bond acceptors (Lipinski definition) is 2. The summed E-state index contributed by atoms with van der Waals surface area (Å²) in [5.74, 6) is 0. The minimum absolute atomic E-state index is 0.0817. The van der Waals surface area contributed by atoms with Crippen molar-refractivity contribution in [3.05, 3.63) is 0 Å². The first kappa shape index (κ1) is 8.24. The summed E-state index contributed by atoms with van der Waals surface area (Å²) < 4.78 is 10.6. The molecule has 1 aliphatic heterocycles. The summed E-state index contributed by atoms with van der Waals surface area (Å²) in [5, 5.41) is 0. The van der Waals surface area contributed by atoms with Crippen LogP contribution in [0.1, 0.15) is 6.42 Å². The second-order valence-electron chi connectivity index (χ2n) is 2.92. The summed E-state index contributed by atoms with van der Waals surface area (Å²) in [6.07, 6.45) is 1.22. The maximum absolute atomic E-state index is 5.30. The first-order chi connectivity index (χ1) is 4.79. The van der Waals surface area contributed by atoms with Crippen molar-refractivity contribution >= 4 is 8.80 Å². The number of ether oxygens (including phenoxy) is 2. The third kappa shape index (κ3) is 2.81. The molecule has 0 atom stereocenters. The van der Waals surface area contributed by atoms with E-state index in [1.54, 1.807) is 0 Å². The van der Waals surface area contributed by atoms with Gasteiger partial charge in [0, 0.05) is 6.42 Å². The van der Waals surface area contributed by atoms with E-state index in [1.165, 1.54) is 6.04 Å². The Balaban J connectivity index is 2.01. The molecule has 0 bridgehead atoms. The number of hydrogen-bond donors (Lipinski definition) is 0. The summed E-state index contributed by atoms with van der Waals surface area (Å²) >= 11 is 0. The molecule has 1 heterocycles. The monoisotopic (exact) mass is 159 g/mol. The van der Waals surface area contributed by atoms with Crippen LogP contribution in [0.5, 0.6) is 0 Å². The molecular formula is C7H15O2Si+. The van der Waals surface area contributed by atoms with Crippen molar-refractivity contribution in [3.63, 3.8) is 0 Å². The molecule has 1 saturated heterocycles. The molecule has 0 unspecified atom stereocenters. The third-order valence-electron chi connectivity index (χ3n) is 1.57. The van der Waals surface area contributed by atoms with Gasteiger partial charge in [0.1, 0.15) is 0 Å². The van der Waals surface area contributed by atoms with E-state index in [2.05, 4.69) is 13.1 Å². The van der Waals surface area contributed by atoms with Crippen LogP contribution in [-0.2, 0) is 9.47 Å². The fraction of sp³-hybridized carbons (Fsp3) is 1.00. The van der Waals surface area contributed by atoms with Crippen LogP contribution in [0.15, 0.2) is 0 Å². The Morgan fingerprint density at radius 3 is 2.40 bits per heavy atom. The zero-order valence-electron chi connectivity index (χ0n) is 6.72. The second kappa shape index (κ2) is 4.11. The van der Waals surface area contributed by atoms with E-state index < -0.39 is 0 Å². The van der Waals surface area contributed by atoms with Crippen LogP contribution in [-0.4, -0.2) is 28.3 Å². The van der Waals surface area contributed by atoms with E-state index in [-0.39, 0.29) is 15.1 Å². The quantitative estimate of drug-likeness (QED) is 0.581. The zero-order valence-corrected chi connectivity index (χ0v) is 7.72. The van der Waals surface area contributed by atoms with Crippen molar-refractivity contribution in [2.24, 2.45) is 0 Å². The third-order valence-corrected chi connectivity index (χ3v) is 2.86. The average Bonchev–Trinajstić information content (AvgIpc) is 2.34. The van der Waals surface area contributed by atoms with E-state index in [9.17, 15) is 0 Å². The van der Waals surface area contributed by atoms with Crippen molar-refractivity contribution in [3.8, 4) is 0 Å². The lowest BCUT2D eigenvalue weighted by Crippen LogP contribution is -2.10. The van der Waals surface area contributed by atoms with Crippen LogP contribution < -0.4 is 0 Å². The minimum atomic E-state index is -0.0817. The lowest BCUT2D eigenvalue weighted by atomic mass is 10.5. The molecule has 0 aliphatic carbocycles. The maximum Gasteiger partial charge on any atom is 0.308 e. The summed E-state index contributed by atoms with van der Waals surface area (Å²) in [5.41, 5.74) is 0. The SMILES string of the molecule is C[Si+](C)CCC1OCCO1. The van der Waals surface area contributed by atoms with Gasteiger partial charge in [0.05, 0.1) is 32.4 Å². The first-order valence-electron chi connectivity index (χ1n) is 3.81. The van der Waals surface area contributed by atoms with Crippen LogP contribution in [0.25, 0.3) is 0 Å². The van der Waals surface area contributed by atoms with Crippen LogP contribution >= 0.6 is 0 Å². The standard InChI is InChI=1S/C7H15O2Si/c1-10(2)6-3-7-8-4-5-9-7/h7H,3-6H2,1-2H3/q+1. The maximum atomic E-state index is 5.30. The summed E-state index contributed by atoms with van der Waals surface area (Å²) in [6.45, 7) is 6.22. The highest BCUT2D eigenvalue weighted by atomic mass is 28.3. The molecular weight excluding hydrogens is 144 g/mol. The second-order valence-corrected chi connectivity index (χ2v) is 5.83. The van der Waals surface area contributed by atoms with Gasteiger partial charge < -0.3 is 9.47 Å². The highest BCUT2D eigenvalue weighted by Gasteiger charge is 2.20. The fourth-order valence-electron chi connectivity index (χ4n) is 0.980. The Morgan fingerprint density at radius 1 is 1.30 bits per heavy atom. The molecule has 0 spiro atoms. The molecule has 0 aromatic carbocycles. The van der Waals surface area contributed by atoms with Gasteiger partial charge in [0.2, 0.25) is 0 Å². The molecule has 0 aromatic rings. The molecule has 10 heavy (non-hydrogen) atoms. The molecule has 1 rings (SSSR count). The molecule has 2 nitrogen and oxygen atoms in total. The van der Waals surface area contributed by atoms with Crippen molar-refractivity contribution in [1.82, 2.24) is 0 Å². The Bertz CT molecular complexity index is 89.6. The predicted molar refractivity (Wildman–Crippen MR) is 42.6 cm³/mol. The van der Waals surface area contributed by atoms with Gasteiger partial charge in [-0.05, 0) is 0 Å². The van der Waals surface area contributed by atoms with Gasteiger partial charge in [-0.2, -0.15) is 0 Å². The van der Waals surface area contributed by atoms with E-state index >= 15 is 0 Å². The Kier molecular flexibility index (Phi) is 3.38. The van der Waals surface area contributed by atoms with Gasteiger partial charge in [-0.3, -0.25) is 0 Å². The van der Waals surface area contributed by atoms with Gasteiger partial charge in [-0.25, -0.2) is 0 Å². The Labute approximate surface area is 64.1 Å². The molecule has 1 fully saturated rings. The van der Waals surface area contributed by atoms with Crippen LogP contribution in [0.4, 0.5) is 0 Å². The van der Waals surface area contributed by atoms with Crippen molar-refractivity contribution < 1.29 is 9.47 Å². The topological polar surface area (TPSA) is 18.5 Å². The van der Waals surface area contributed by atoms with Crippen molar-refractivity contribution in [2.75, 3.05) is 13.2 Å².